The molecule has 84 valence electrons. The molecular weight excluding hydrogens is 170 g/mol. The first kappa shape index (κ1) is 12.0. The lowest BCUT2D eigenvalue weighted by atomic mass is 9.75. The number of hydrogen-bond acceptors (Lipinski definition) is 1. The van der Waals surface area contributed by atoms with Crippen molar-refractivity contribution in [2.75, 3.05) is 6.54 Å². The Bertz CT molecular complexity index is 169. The van der Waals surface area contributed by atoms with Gasteiger partial charge >= 0.3 is 0 Å². The van der Waals surface area contributed by atoms with Crippen LogP contribution in [0.2, 0.25) is 0 Å². The summed E-state index contributed by atoms with van der Waals surface area (Å²) < 4.78 is 0. The molecule has 1 saturated carbocycles. The molecule has 0 saturated heterocycles. The zero-order chi connectivity index (χ0) is 10.8. The minimum absolute atomic E-state index is 0.402. The van der Waals surface area contributed by atoms with Gasteiger partial charge in [-0.15, -0.1) is 0 Å². The molecule has 0 bridgehead atoms. The summed E-state index contributed by atoms with van der Waals surface area (Å²) in [6, 6.07) is 0.699. The van der Waals surface area contributed by atoms with Gasteiger partial charge in [-0.25, -0.2) is 0 Å². The summed E-state index contributed by atoms with van der Waals surface area (Å²) in [5.74, 6) is 1.81. The highest BCUT2D eigenvalue weighted by Gasteiger charge is 2.36. The first-order valence-electron chi connectivity index (χ1n) is 6.20. The van der Waals surface area contributed by atoms with Crippen LogP contribution in [-0.4, -0.2) is 12.6 Å². The summed E-state index contributed by atoms with van der Waals surface area (Å²) in [6.07, 6.45) is 4.29. The quantitative estimate of drug-likeness (QED) is 0.731. The second-order valence-electron chi connectivity index (χ2n) is 5.97. The van der Waals surface area contributed by atoms with Gasteiger partial charge in [0.2, 0.25) is 0 Å². The monoisotopic (exact) mass is 197 g/mol. The first-order valence-corrected chi connectivity index (χ1v) is 6.20. The normalized spacial score (nSPS) is 30.6. The molecule has 0 heterocycles. The van der Waals surface area contributed by atoms with E-state index in [4.69, 9.17) is 0 Å². The van der Waals surface area contributed by atoms with Crippen molar-refractivity contribution in [1.82, 2.24) is 5.32 Å². The molecule has 3 atom stereocenters. The molecule has 0 aliphatic heterocycles. The van der Waals surface area contributed by atoms with Gasteiger partial charge in [0.1, 0.15) is 0 Å². The third-order valence-electron chi connectivity index (χ3n) is 3.71. The molecule has 3 unspecified atom stereocenters. The molecule has 1 nitrogen and oxygen atoms in total. The SMILES string of the molecule is CCNC(C1CCCC1C)C(C)(C)C. The molecule has 14 heavy (non-hydrogen) atoms. The average Bonchev–Trinajstić information content (AvgIpc) is 2.45. The van der Waals surface area contributed by atoms with Gasteiger partial charge in [0.05, 0.1) is 0 Å². The standard InChI is InChI=1S/C13H27N/c1-6-14-12(13(3,4)5)11-9-7-8-10(11)2/h10-12,14H,6-9H2,1-5H3. The summed E-state index contributed by atoms with van der Waals surface area (Å²) in [4.78, 5) is 0. The van der Waals surface area contributed by atoms with Crippen molar-refractivity contribution in [2.45, 2.75) is 59.9 Å². The van der Waals surface area contributed by atoms with E-state index in [0.29, 0.717) is 11.5 Å². The van der Waals surface area contributed by atoms with Crippen LogP contribution < -0.4 is 5.32 Å². The average molecular weight is 197 g/mol. The maximum Gasteiger partial charge on any atom is 0.0146 e. The second-order valence-corrected chi connectivity index (χ2v) is 5.97. The molecule has 1 aliphatic carbocycles. The van der Waals surface area contributed by atoms with Crippen LogP contribution >= 0.6 is 0 Å². The van der Waals surface area contributed by atoms with Gasteiger partial charge in [-0.2, -0.15) is 0 Å². The van der Waals surface area contributed by atoms with E-state index < -0.39 is 0 Å². The number of hydrogen-bond donors (Lipinski definition) is 1. The molecule has 1 rings (SSSR count). The Labute approximate surface area is 89.7 Å². The third-order valence-corrected chi connectivity index (χ3v) is 3.71. The Balaban J connectivity index is 2.66. The van der Waals surface area contributed by atoms with Gasteiger partial charge in [-0.1, -0.05) is 47.5 Å². The largest absolute Gasteiger partial charge is 0.313 e. The van der Waals surface area contributed by atoms with Gasteiger partial charge in [-0.05, 0) is 30.2 Å². The first-order chi connectivity index (χ1) is 6.46. The molecular formula is C13H27N. The highest BCUT2D eigenvalue weighted by atomic mass is 14.9. The summed E-state index contributed by atoms with van der Waals surface area (Å²) in [6.45, 7) is 12.8. The maximum atomic E-state index is 3.69. The Morgan fingerprint density at radius 3 is 2.29 bits per heavy atom. The molecule has 1 aliphatic rings. The smallest absolute Gasteiger partial charge is 0.0146 e. The highest BCUT2D eigenvalue weighted by Crippen LogP contribution is 2.39. The molecule has 0 amide bonds. The van der Waals surface area contributed by atoms with E-state index in [1.807, 2.05) is 0 Å². The van der Waals surface area contributed by atoms with Crippen LogP contribution in [0.3, 0.4) is 0 Å². The van der Waals surface area contributed by atoms with Crippen LogP contribution in [0.25, 0.3) is 0 Å². The number of rotatable bonds is 3. The van der Waals surface area contributed by atoms with E-state index >= 15 is 0 Å². The molecule has 1 N–H and O–H groups in total. The molecule has 0 aromatic rings. The van der Waals surface area contributed by atoms with Crippen LogP contribution in [0.5, 0.6) is 0 Å². The van der Waals surface area contributed by atoms with Crippen molar-refractivity contribution in [3.8, 4) is 0 Å². The van der Waals surface area contributed by atoms with Crippen LogP contribution in [-0.2, 0) is 0 Å². The molecule has 0 aromatic heterocycles. The van der Waals surface area contributed by atoms with E-state index in [9.17, 15) is 0 Å². The maximum absolute atomic E-state index is 3.69. The summed E-state index contributed by atoms with van der Waals surface area (Å²) in [5, 5.41) is 3.69. The van der Waals surface area contributed by atoms with E-state index in [2.05, 4.69) is 39.9 Å². The third kappa shape index (κ3) is 2.73. The molecule has 0 spiro atoms. The fraction of sp³-hybridized carbons (Fsp3) is 1.00. The topological polar surface area (TPSA) is 12.0 Å². The summed E-state index contributed by atoms with van der Waals surface area (Å²) in [7, 11) is 0. The van der Waals surface area contributed by atoms with Gasteiger partial charge < -0.3 is 5.32 Å². The van der Waals surface area contributed by atoms with Gasteiger partial charge in [0, 0.05) is 6.04 Å². The van der Waals surface area contributed by atoms with E-state index in [1.54, 1.807) is 0 Å². The van der Waals surface area contributed by atoms with Crippen molar-refractivity contribution < 1.29 is 0 Å². The van der Waals surface area contributed by atoms with Crippen molar-refractivity contribution in [3.05, 3.63) is 0 Å². The van der Waals surface area contributed by atoms with Crippen molar-refractivity contribution >= 4 is 0 Å². The van der Waals surface area contributed by atoms with Crippen molar-refractivity contribution in [3.63, 3.8) is 0 Å². The lowest BCUT2D eigenvalue weighted by molar-refractivity contribution is 0.169. The Kier molecular flexibility index (Phi) is 4.00. The number of nitrogens with one attached hydrogen (secondary N) is 1. The molecule has 1 fully saturated rings. The fourth-order valence-corrected chi connectivity index (χ4v) is 2.99. The zero-order valence-corrected chi connectivity index (χ0v) is 10.6. The van der Waals surface area contributed by atoms with Crippen LogP contribution in [0.1, 0.15) is 53.9 Å². The minimum Gasteiger partial charge on any atom is -0.313 e. The predicted molar refractivity (Wildman–Crippen MR) is 63.4 cm³/mol. The van der Waals surface area contributed by atoms with Crippen LogP contribution in [0.15, 0.2) is 0 Å². The lowest BCUT2D eigenvalue weighted by Gasteiger charge is -2.38. The van der Waals surface area contributed by atoms with E-state index in [-0.39, 0.29) is 0 Å². The Morgan fingerprint density at radius 1 is 1.29 bits per heavy atom. The Morgan fingerprint density at radius 2 is 1.93 bits per heavy atom. The summed E-state index contributed by atoms with van der Waals surface area (Å²) in [5.41, 5.74) is 0.402. The van der Waals surface area contributed by atoms with Gasteiger partial charge in [0.25, 0.3) is 0 Å². The molecule has 1 heteroatoms. The molecule has 0 aromatic carbocycles. The van der Waals surface area contributed by atoms with Crippen molar-refractivity contribution in [2.24, 2.45) is 17.3 Å². The highest BCUT2D eigenvalue weighted by molar-refractivity contribution is 4.91. The zero-order valence-electron chi connectivity index (χ0n) is 10.6. The van der Waals surface area contributed by atoms with Crippen LogP contribution in [0, 0.1) is 17.3 Å². The van der Waals surface area contributed by atoms with E-state index in [0.717, 1.165) is 18.4 Å². The fourth-order valence-electron chi connectivity index (χ4n) is 2.99. The van der Waals surface area contributed by atoms with Crippen molar-refractivity contribution in [1.29, 1.82) is 0 Å². The van der Waals surface area contributed by atoms with Gasteiger partial charge in [-0.3, -0.25) is 0 Å². The van der Waals surface area contributed by atoms with Gasteiger partial charge in [0.15, 0.2) is 0 Å². The predicted octanol–water partition coefficient (Wildman–Crippen LogP) is 3.45. The lowest BCUT2D eigenvalue weighted by Crippen LogP contribution is -2.46. The summed E-state index contributed by atoms with van der Waals surface area (Å²) >= 11 is 0. The Hall–Kier alpha value is -0.0400. The van der Waals surface area contributed by atoms with E-state index in [1.165, 1.54) is 19.3 Å². The van der Waals surface area contributed by atoms with Crippen LogP contribution in [0.4, 0.5) is 0 Å². The second kappa shape index (κ2) is 4.65. The molecule has 0 radical (unpaired) electrons. The minimum atomic E-state index is 0.402.